The second-order valence-electron chi connectivity index (χ2n) is 7.32. The molecule has 0 unspecified atom stereocenters. The molecule has 3 aromatic rings. The van der Waals surface area contributed by atoms with Gasteiger partial charge in [-0.2, -0.15) is 9.90 Å². The molecule has 1 aliphatic carbocycles. The van der Waals surface area contributed by atoms with Gasteiger partial charge in [-0.1, -0.05) is 30.3 Å². The van der Waals surface area contributed by atoms with Crippen LogP contribution in [0.2, 0.25) is 0 Å². The number of amides is 1. The summed E-state index contributed by atoms with van der Waals surface area (Å²) in [5, 5.41) is 20.3. The molecule has 0 bridgehead atoms. The van der Waals surface area contributed by atoms with Gasteiger partial charge in [-0.25, -0.2) is 0 Å². The molecule has 8 heteroatoms. The highest BCUT2D eigenvalue weighted by Gasteiger charge is 2.25. The Morgan fingerprint density at radius 2 is 1.93 bits per heavy atom. The van der Waals surface area contributed by atoms with E-state index in [1.54, 1.807) is 11.0 Å². The van der Waals surface area contributed by atoms with E-state index >= 15 is 0 Å². The van der Waals surface area contributed by atoms with Crippen molar-refractivity contribution in [2.75, 3.05) is 0 Å². The number of hydrogen-bond acceptors (Lipinski definition) is 5. The largest absolute Gasteiger partial charge is 0.353 e. The molecule has 0 saturated heterocycles. The van der Waals surface area contributed by atoms with E-state index in [1.165, 1.54) is 0 Å². The smallest absolute Gasteiger partial charge is 0.220 e. The van der Waals surface area contributed by atoms with E-state index in [-0.39, 0.29) is 18.0 Å². The molecule has 1 saturated carbocycles. The standard InChI is InChI=1S/C20H25N7O/c1-26-17(13-14-21-26)11-12-19(28)22-16-7-9-18(10-8-16)27-24-20(23-25-27)15-5-3-2-4-6-15/h2-6,13-14,16,18H,7-12H2,1H3,(H,22,28). The average Bonchev–Trinajstić information content (AvgIpc) is 3.37. The summed E-state index contributed by atoms with van der Waals surface area (Å²) >= 11 is 0. The lowest BCUT2D eigenvalue weighted by atomic mass is 9.91. The third-order valence-corrected chi connectivity index (χ3v) is 5.38. The zero-order chi connectivity index (χ0) is 19.3. The average molecular weight is 379 g/mol. The number of nitrogens with zero attached hydrogens (tertiary/aromatic N) is 6. The minimum absolute atomic E-state index is 0.106. The third kappa shape index (κ3) is 4.27. The van der Waals surface area contributed by atoms with Crippen molar-refractivity contribution in [2.24, 2.45) is 7.05 Å². The van der Waals surface area contributed by atoms with Gasteiger partial charge in [0.25, 0.3) is 0 Å². The zero-order valence-electron chi connectivity index (χ0n) is 16.0. The van der Waals surface area contributed by atoms with Gasteiger partial charge in [0.15, 0.2) is 0 Å². The molecule has 146 valence electrons. The van der Waals surface area contributed by atoms with Gasteiger partial charge >= 0.3 is 0 Å². The second-order valence-corrected chi connectivity index (χ2v) is 7.32. The molecule has 0 atom stereocenters. The van der Waals surface area contributed by atoms with Crippen LogP contribution in [-0.2, 0) is 18.3 Å². The molecule has 1 fully saturated rings. The summed E-state index contributed by atoms with van der Waals surface area (Å²) in [6.07, 6.45) is 6.71. The Balaban J connectivity index is 1.25. The molecule has 1 aromatic carbocycles. The maximum Gasteiger partial charge on any atom is 0.220 e. The number of aryl methyl sites for hydroxylation is 2. The first-order valence-corrected chi connectivity index (χ1v) is 9.80. The number of carbonyl (C=O) groups excluding carboxylic acids is 1. The highest BCUT2D eigenvalue weighted by atomic mass is 16.1. The van der Waals surface area contributed by atoms with Gasteiger partial charge in [-0.3, -0.25) is 9.48 Å². The number of hydrogen-bond donors (Lipinski definition) is 1. The molecule has 28 heavy (non-hydrogen) atoms. The topological polar surface area (TPSA) is 90.5 Å². The fourth-order valence-corrected chi connectivity index (χ4v) is 3.72. The van der Waals surface area contributed by atoms with E-state index in [2.05, 4.69) is 25.8 Å². The van der Waals surface area contributed by atoms with Crippen LogP contribution in [0, 0.1) is 0 Å². The Hall–Kier alpha value is -3.03. The minimum atomic E-state index is 0.106. The van der Waals surface area contributed by atoms with E-state index in [1.807, 2.05) is 48.1 Å². The summed E-state index contributed by atoms with van der Waals surface area (Å²) in [5.41, 5.74) is 2.05. The molecule has 4 rings (SSSR count). The molecule has 1 N–H and O–H groups in total. The first-order chi connectivity index (χ1) is 13.7. The van der Waals surface area contributed by atoms with Crippen molar-refractivity contribution in [1.82, 2.24) is 35.3 Å². The van der Waals surface area contributed by atoms with Crippen LogP contribution in [0.5, 0.6) is 0 Å². The lowest BCUT2D eigenvalue weighted by molar-refractivity contribution is -0.122. The van der Waals surface area contributed by atoms with Crippen LogP contribution in [0.1, 0.15) is 43.8 Å². The first-order valence-electron chi connectivity index (χ1n) is 9.80. The van der Waals surface area contributed by atoms with Crippen LogP contribution in [-0.4, -0.2) is 41.9 Å². The van der Waals surface area contributed by atoms with Crippen LogP contribution in [0.4, 0.5) is 0 Å². The van der Waals surface area contributed by atoms with E-state index in [4.69, 9.17) is 0 Å². The Kier molecular flexibility index (Phi) is 5.45. The number of tetrazole rings is 1. The number of carbonyl (C=O) groups is 1. The minimum Gasteiger partial charge on any atom is -0.353 e. The van der Waals surface area contributed by atoms with Crippen LogP contribution in [0.15, 0.2) is 42.6 Å². The van der Waals surface area contributed by atoms with Gasteiger partial charge in [-0.15, -0.1) is 10.2 Å². The normalized spacial score (nSPS) is 19.5. The molecule has 2 aromatic heterocycles. The van der Waals surface area contributed by atoms with Crippen molar-refractivity contribution in [3.8, 4) is 11.4 Å². The highest BCUT2D eigenvalue weighted by molar-refractivity contribution is 5.76. The Morgan fingerprint density at radius 1 is 1.14 bits per heavy atom. The maximum atomic E-state index is 12.2. The summed E-state index contributed by atoms with van der Waals surface area (Å²) in [6, 6.07) is 12.3. The molecule has 0 aliphatic heterocycles. The first kappa shape index (κ1) is 18.3. The number of nitrogens with one attached hydrogen (secondary N) is 1. The molecule has 8 nitrogen and oxygen atoms in total. The number of aromatic nitrogens is 6. The molecule has 1 amide bonds. The Morgan fingerprint density at radius 3 is 2.64 bits per heavy atom. The van der Waals surface area contributed by atoms with Crippen molar-refractivity contribution in [1.29, 1.82) is 0 Å². The van der Waals surface area contributed by atoms with Crippen LogP contribution < -0.4 is 5.32 Å². The molecule has 1 aliphatic rings. The molecule has 0 spiro atoms. The highest BCUT2D eigenvalue weighted by Crippen LogP contribution is 2.28. The SMILES string of the molecule is Cn1nccc1CCC(=O)NC1CCC(n2nnc(-c3ccccc3)n2)CC1. The molecule has 2 heterocycles. The fourth-order valence-electron chi connectivity index (χ4n) is 3.72. The third-order valence-electron chi connectivity index (χ3n) is 5.38. The van der Waals surface area contributed by atoms with Crippen LogP contribution in [0.3, 0.4) is 0 Å². The van der Waals surface area contributed by atoms with Crippen molar-refractivity contribution < 1.29 is 4.79 Å². The quantitative estimate of drug-likeness (QED) is 0.710. The predicted octanol–water partition coefficient (Wildman–Crippen LogP) is 2.31. The molecular formula is C20H25N7O. The van der Waals surface area contributed by atoms with Crippen LogP contribution in [0.25, 0.3) is 11.4 Å². The number of rotatable bonds is 6. The summed E-state index contributed by atoms with van der Waals surface area (Å²) < 4.78 is 1.81. The molecule has 0 radical (unpaired) electrons. The maximum absolute atomic E-state index is 12.2. The van der Waals surface area contributed by atoms with Crippen molar-refractivity contribution in [3.63, 3.8) is 0 Å². The van der Waals surface area contributed by atoms with Gasteiger partial charge in [0.2, 0.25) is 11.7 Å². The Labute approximate surface area is 163 Å². The van der Waals surface area contributed by atoms with Gasteiger partial charge in [-0.05, 0) is 43.4 Å². The van der Waals surface area contributed by atoms with Crippen molar-refractivity contribution in [2.45, 2.75) is 50.6 Å². The van der Waals surface area contributed by atoms with Crippen molar-refractivity contribution >= 4 is 5.91 Å². The monoisotopic (exact) mass is 379 g/mol. The van der Waals surface area contributed by atoms with Gasteiger partial charge in [0, 0.05) is 37.0 Å². The lowest BCUT2D eigenvalue weighted by Crippen LogP contribution is -2.38. The summed E-state index contributed by atoms with van der Waals surface area (Å²) in [5.74, 6) is 0.765. The Bertz CT molecular complexity index is 910. The van der Waals surface area contributed by atoms with E-state index in [9.17, 15) is 4.79 Å². The summed E-state index contributed by atoms with van der Waals surface area (Å²) in [7, 11) is 1.90. The second kappa shape index (κ2) is 8.33. The zero-order valence-corrected chi connectivity index (χ0v) is 16.0. The lowest BCUT2D eigenvalue weighted by Gasteiger charge is -2.28. The van der Waals surface area contributed by atoms with Gasteiger partial charge in [0.05, 0.1) is 6.04 Å². The predicted molar refractivity (Wildman–Crippen MR) is 104 cm³/mol. The van der Waals surface area contributed by atoms with E-state index < -0.39 is 0 Å². The van der Waals surface area contributed by atoms with E-state index in [0.717, 1.165) is 36.9 Å². The van der Waals surface area contributed by atoms with E-state index in [0.29, 0.717) is 18.7 Å². The fraction of sp³-hybridized carbons (Fsp3) is 0.450. The molecular weight excluding hydrogens is 354 g/mol. The van der Waals surface area contributed by atoms with Crippen molar-refractivity contribution in [3.05, 3.63) is 48.3 Å². The number of benzene rings is 1. The summed E-state index contributed by atoms with van der Waals surface area (Å²) in [4.78, 5) is 14.0. The van der Waals surface area contributed by atoms with Gasteiger partial charge in [0.1, 0.15) is 0 Å². The van der Waals surface area contributed by atoms with Crippen LogP contribution >= 0.6 is 0 Å². The summed E-state index contributed by atoms with van der Waals surface area (Å²) in [6.45, 7) is 0. The van der Waals surface area contributed by atoms with Gasteiger partial charge < -0.3 is 5.32 Å².